The van der Waals surface area contributed by atoms with E-state index in [1.54, 1.807) is 0 Å². The molecule has 0 bridgehead atoms. The fourth-order valence-corrected chi connectivity index (χ4v) is 2.81. The zero-order chi connectivity index (χ0) is 10.8. The second-order valence-electron chi connectivity index (χ2n) is 3.72. The van der Waals surface area contributed by atoms with Crippen LogP contribution in [0.5, 0.6) is 0 Å². The van der Waals surface area contributed by atoms with Crippen molar-refractivity contribution in [3.8, 4) is 0 Å². The molecule has 0 atom stereocenters. The monoisotopic (exact) mass is 225 g/mol. The van der Waals surface area contributed by atoms with Gasteiger partial charge in [0.2, 0.25) is 0 Å². The van der Waals surface area contributed by atoms with E-state index >= 15 is 0 Å². The minimum Gasteiger partial charge on any atom is -0.288 e. The number of aliphatic imine (C=N–C) groups is 1. The van der Waals surface area contributed by atoms with E-state index in [4.69, 9.17) is 0 Å². The van der Waals surface area contributed by atoms with Crippen LogP contribution in [0.2, 0.25) is 0 Å². The van der Waals surface area contributed by atoms with Gasteiger partial charge >= 0.3 is 0 Å². The molecule has 0 N–H and O–H groups in total. The van der Waals surface area contributed by atoms with Crippen molar-refractivity contribution in [1.82, 2.24) is 0 Å². The molecule has 1 aliphatic rings. The number of hydrogen-bond acceptors (Lipinski definition) is 2. The standard InChI is InChI=1S/C14H11NS/c1-3-7-13-11(5-1)9-15-10-12-6-2-4-8-14(12)16-13/h1-9H,10H2. The number of fused-ring (bicyclic) bond motifs is 2. The van der Waals surface area contributed by atoms with Gasteiger partial charge in [0.15, 0.2) is 0 Å². The lowest BCUT2D eigenvalue weighted by Crippen LogP contribution is -1.93. The highest BCUT2D eigenvalue weighted by atomic mass is 32.2. The van der Waals surface area contributed by atoms with Gasteiger partial charge in [-0.25, -0.2) is 0 Å². The average molecular weight is 225 g/mol. The van der Waals surface area contributed by atoms with Crippen molar-refractivity contribution in [2.45, 2.75) is 16.3 Å². The van der Waals surface area contributed by atoms with Crippen LogP contribution >= 0.6 is 11.8 Å². The summed E-state index contributed by atoms with van der Waals surface area (Å²) in [5, 5.41) is 0. The van der Waals surface area contributed by atoms with Crippen molar-refractivity contribution in [1.29, 1.82) is 0 Å². The zero-order valence-electron chi connectivity index (χ0n) is 8.76. The maximum Gasteiger partial charge on any atom is 0.0651 e. The smallest absolute Gasteiger partial charge is 0.0651 e. The molecule has 0 fully saturated rings. The highest BCUT2D eigenvalue weighted by molar-refractivity contribution is 7.99. The van der Waals surface area contributed by atoms with Gasteiger partial charge in [-0.15, -0.1) is 0 Å². The molecule has 16 heavy (non-hydrogen) atoms. The average Bonchev–Trinajstić information content (AvgIpc) is 2.29. The van der Waals surface area contributed by atoms with Gasteiger partial charge in [0.05, 0.1) is 6.54 Å². The molecular formula is C14H11NS. The van der Waals surface area contributed by atoms with Crippen LogP contribution in [0.3, 0.4) is 0 Å². The van der Waals surface area contributed by atoms with E-state index in [-0.39, 0.29) is 0 Å². The van der Waals surface area contributed by atoms with E-state index in [1.807, 2.05) is 18.0 Å². The summed E-state index contributed by atoms with van der Waals surface area (Å²) in [6, 6.07) is 16.9. The lowest BCUT2D eigenvalue weighted by molar-refractivity contribution is 1.03. The Bertz CT molecular complexity index is 546. The topological polar surface area (TPSA) is 12.4 Å². The lowest BCUT2D eigenvalue weighted by atomic mass is 10.2. The molecule has 3 rings (SSSR count). The molecular weight excluding hydrogens is 214 g/mol. The highest BCUT2D eigenvalue weighted by Gasteiger charge is 2.08. The Hall–Kier alpha value is -1.54. The van der Waals surface area contributed by atoms with E-state index < -0.39 is 0 Å². The van der Waals surface area contributed by atoms with E-state index in [2.05, 4.69) is 53.5 Å². The Morgan fingerprint density at radius 1 is 0.875 bits per heavy atom. The van der Waals surface area contributed by atoms with Crippen LogP contribution in [-0.2, 0) is 6.54 Å². The number of benzene rings is 2. The summed E-state index contributed by atoms with van der Waals surface area (Å²) in [7, 11) is 0. The van der Waals surface area contributed by atoms with Crippen LogP contribution in [0, 0.1) is 0 Å². The van der Waals surface area contributed by atoms with Gasteiger partial charge in [-0.2, -0.15) is 0 Å². The third kappa shape index (κ3) is 1.76. The Morgan fingerprint density at radius 3 is 2.56 bits per heavy atom. The molecule has 0 spiro atoms. The Kier molecular flexibility index (Phi) is 2.50. The van der Waals surface area contributed by atoms with Crippen molar-refractivity contribution in [2.75, 3.05) is 0 Å². The maximum absolute atomic E-state index is 4.48. The first-order valence-electron chi connectivity index (χ1n) is 5.28. The first-order valence-corrected chi connectivity index (χ1v) is 6.10. The second kappa shape index (κ2) is 4.14. The van der Waals surface area contributed by atoms with Gasteiger partial charge in [0, 0.05) is 21.6 Å². The molecule has 1 nitrogen and oxygen atoms in total. The molecule has 0 aromatic heterocycles. The molecule has 78 valence electrons. The predicted molar refractivity (Wildman–Crippen MR) is 68.3 cm³/mol. The van der Waals surface area contributed by atoms with Crippen LogP contribution in [0.1, 0.15) is 11.1 Å². The normalized spacial score (nSPS) is 13.5. The van der Waals surface area contributed by atoms with Gasteiger partial charge in [-0.3, -0.25) is 4.99 Å². The summed E-state index contributed by atoms with van der Waals surface area (Å²) < 4.78 is 0. The minimum absolute atomic E-state index is 0.775. The molecule has 0 saturated carbocycles. The molecule has 0 amide bonds. The minimum atomic E-state index is 0.775. The molecule has 1 aliphatic heterocycles. The second-order valence-corrected chi connectivity index (χ2v) is 4.80. The van der Waals surface area contributed by atoms with E-state index in [9.17, 15) is 0 Å². The Morgan fingerprint density at radius 2 is 1.62 bits per heavy atom. The molecule has 2 aromatic carbocycles. The Labute approximate surface area is 99.2 Å². The highest BCUT2D eigenvalue weighted by Crippen LogP contribution is 2.33. The number of nitrogens with zero attached hydrogens (tertiary/aromatic N) is 1. The largest absolute Gasteiger partial charge is 0.288 e. The maximum atomic E-state index is 4.48. The number of rotatable bonds is 0. The van der Waals surface area contributed by atoms with Crippen LogP contribution in [0.25, 0.3) is 0 Å². The van der Waals surface area contributed by atoms with Gasteiger partial charge in [0.25, 0.3) is 0 Å². The first-order chi connectivity index (χ1) is 7.93. The third-order valence-electron chi connectivity index (χ3n) is 2.60. The predicted octanol–water partition coefficient (Wildman–Crippen LogP) is 3.77. The van der Waals surface area contributed by atoms with Crippen LogP contribution in [0.15, 0.2) is 63.3 Å². The molecule has 0 saturated heterocycles. The van der Waals surface area contributed by atoms with E-state index in [1.165, 1.54) is 20.9 Å². The van der Waals surface area contributed by atoms with Crippen molar-refractivity contribution in [2.24, 2.45) is 4.99 Å². The quantitative estimate of drug-likeness (QED) is 0.664. The lowest BCUT2D eigenvalue weighted by Gasteiger charge is -2.11. The summed E-state index contributed by atoms with van der Waals surface area (Å²) in [5.41, 5.74) is 2.51. The van der Waals surface area contributed by atoms with Crippen LogP contribution in [0.4, 0.5) is 0 Å². The molecule has 1 heterocycles. The summed E-state index contributed by atoms with van der Waals surface area (Å²) >= 11 is 1.83. The van der Waals surface area contributed by atoms with Crippen molar-refractivity contribution in [3.63, 3.8) is 0 Å². The fourth-order valence-electron chi connectivity index (χ4n) is 1.77. The molecule has 0 aliphatic carbocycles. The van der Waals surface area contributed by atoms with Crippen molar-refractivity contribution >= 4 is 18.0 Å². The summed E-state index contributed by atoms with van der Waals surface area (Å²) in [5.74, 6) is 0. The molecule has 0 unspecified atom stereocenters. The van der Waals surface area contributed by atoms with Gasteiger partial charge in [-0.1, -0.05) is 48.2 Å². The van der Waals surface area contributed by atoms with Gasteiger partial charge in [-0.05, 0) is 17.7 Å². The van der Waals surface area contributed by atoms with E-state index in [0.29, 0.717) is 0 Å². The van der Waals surface area contributed by atoms with Crippen LogP contribution < -0.4 is 0 Å². The summed E-state index contributed by atoms with van der Waals surface area (Å²) in [6.07, 6.45) is 1.97. The van der Waals surface area contributed by atoms with E-state index in [0.717, 1.165) is 6.54 Å². The fraction of sp³-hybridized carbons (Fsp3) is 0.0714. The SMILES string of the molecule is C1=NCc2ccccc2Sc2ccccc21. The van der Waals surface area contributed by atoms with Crippen molar-refractivity contribution in [3.05, 3.63) is 59.7 Å². The number of hydrogen-bond donors (Lipinski definition) is 0. The molecule has 2 aromatic rings. The first kappa shape index (κ1) is 9.67. The zero-order valence-corrected chi connectivity index (χ0v) is 9.58. The molecule has 0 radical (unpaired) electrons. The Balaban J connectivity index is 2.13. The van der Waals surface area contributed by atoms with Gasteiger partial charge in [0.1, 0.15) is 0 Å². The summed E-state index contributed by atoms with van der Waals surface area (Å²) in [4.78, 5) is 7.06. The van der Waals surface area contributed by atoms with Crippen molar-refractivity contribution < 1.29 is 0 Å². The van der Waals surface area contributed by atoms with Gasteiger partial charge < -0.3 is 0 Å². The molecule has 2 heteroatoms. The van der Waals surface area contributed by atoms with Crippen LogP contribution in [-0.4, -0.2) is 6.21 Å². The third-order valence-corrected chi connectivity index (χ3v) is 3.81. The summed E-state index contributed by atoms with van der Waals surface area (Å²) in [6.45, 7) is 0.775.